The summed E-state index contributed by atoms with van der Waals surface area (Å²) in [6, 6.07) is 7.55. The maximum atomic E-state index is 8.60. The summed E-state index contributed by atoms with van der Waals surface area (Å²) < 4.78 is 6.19. The van der Waals surface area contributed by atoms with Gasteiger partial charge in [-0.25, -0.2) is 0 Å². The van der Waals surface area contributed by atoms with Gasteiger partial charge in [-0.1, -0.05) is 12.1 Å². The second-order valence-corrected chi connectivity index (χ2v) is 3.81. The SMILES string of the molecule is CC(C#N)Oc1cccc(CCl)c1Br. The minimum Gasteiger partial charge on any atom is -0.475 e. The van der Waals surface area contributed by atoms with E-state index in [-0.39, 0.29) is 0 Å². The summed E-state index contributed by atoms with van der Waals surface area (Å²) in [6.45, 7) is 1.69. The second kappa shape index (κ2) is 5.23. The first-order chi connectivity index (χ1) is 6.69. The Morgan fingerprint density at radius 2 is 2.36 bits per heavy atom. The van der Waals surface area contributed by atoms with Gasteiger partial charge in [0.05, 0.1) is 4.47 Å². The lowest BCUT2D eigenvalue weighted by Crippen LogP contribution is -2.08. The van der Waals surface area contributed by atoms with Gasteiger partial charge in [-0.2, -0.15) is 5.26 Å². The summed E-state index contributed by atoms with van der Waals surface area (Å²) in [5.74, 6) is 1.07. The van der Waals surface area contributed by atoms with Crippen molar-refractivity contribution < 1.29 is 4.74 Å². The van der Waals surface area contributed by atoms with Crippen molar-refractivity contribution in [2.75, 3.05) is 0 Å². The predicted octanol–water partition coefficient (Wildman–Crippen LogP) is 3.48. The summed E-state index contributed by atoms with van der Waals surface area (Å²) >= 11 is 9.10. The van der Waals surface area contributed by atoms with Crippen LogP contribution in [0.25, 0.3) is 0 Å². The van der Waals surface area contributed by atoms with E-state index in [1.54, 1.807) is 13.0 Å². The van der Waals surface area contributed by atoms with Crippen LogP contribution in [0.1, 0.15) is 12.5 Å². The molecule has 2 nitrogen and oxygen atoms in total. The van der Waals surface area contributed by atoms with E-state index < -0.39 is 6.10 Å². The summed E-state index contributed by atoms with van der Waals surface area (Å²) in [4.78, 5) is 0. The summed E-state index contributed by atoms with van der Waals surface area (Å²) in [6.07, 6.45) is -0.461. The molecular formula is C10H9BrClNO. The summed E-state index contributed by atoms with van der Waals surface area (Å²) in [5.41, 5.74) is 0.953. The van der Waals surface area contributed by atoms with Crippen LogP contribution in [0.3, 0.4) is 0 Å². The highest BCUT2D eigenvalue weighted by Gasteiger charge is 2.08. The van der Waals surface area contributed by atoms with E-state index in [0.717, 1.165) is 10.0 Å². The first-order valence-corrected chi connectivity index (χ1v) is 5.41. The topological polar surface area (TPSA) is 33.0 Å². The van der Waals surface area contributed by atoms with E-state index in [2.05, 4.69) is 15.9 Å². The van der Waals surface area contributed by atoms with Crippen LogP contribution < -0.4 is 4.74 Å². The van der Waals surface area contributed by atoms with E-state index in [9.17, 15) is 0 Å². The van der Waals surface area contributed by atoms with E-state index in [1.807, 2.05) is 18.2 Å². The smallest absolute Gasteiger partial charge is 0.181 e. The first-order valence-electron chi connectivity index (χ1n) is 4.08. The Labute approximate surface area is 96.6 Å². The maximum Gasteiger partial charge on any atom is 0.181 e. The second-order valence-electron chi connectivity index (χ2n) is 2.75. The Morgan fingerprint density at radius 1 is 1.64 bits per heavy atom. The van der Waals surface area contributed by atoms with Crippen molar-refractivity contribution in [3.05, 3.63) is 28.2 Å². The fourth-order valence-electron chi connectivity index (χ4n) is 0.967. The van der Waals surface area contributed by atoms with Gasteiger partial charge in [0.15, 0.2) is 6.10 Å². The molecule has 1 aromatic carbocycles. The van der Waals surface area contributed by atoms with Gasteiger partial charge in [-0.05, 0) is 34.5 Å². The van der Waals surface area contributed by atoms with Crippen LogP contribution in [-0.2, 0) is 5.88 Å². The molecule has 0 spiro atoms. The minimum absolute atomic E-state index is 0.415. The molecule has 1 aromatic rings. The van der Waals surface area contributed by atoms with Gasteiger partial charge in [-0.3, -0.25) is 0 Å². The number of nitriles is 1. The van der Waals surface area contributed by atoms with E-state index in [1.165, 1.54) is 0 Å². The van der Waals surface area contributed by atoms with Crippen LogP contribution >= 0.6 is 27.5 Å². The number of hydrogen-bond donors (Lipinski definition) is 0. The lowest BCUT2D eigenvalue weighted by atomic mass is 10.2. The third kappa shape index (κ3) is 2.63. The molecule has 1 atom stereocenters. The number of ether oxygens (including phenoxy) is 1. The Balaban J connectivity index is 2.93. The van der Waals surface area contributed by atoms with E-state index in [0.29, 0.717) is 11.6 Å². The molecule has 0 aliphatic rings. The minimum atomic E-state index is -0.461. The van der Waals surface area contributed by atoms with Gasteiger partial charge in [0.25, 0.3) is 0 Å². The normalized spacial score (nSPS) is 11.9. The van der Waals surface area contributed by atoms with Crippen molar-refractivity contribution >= 4 is 27.5 Å². The highest BCUT2D eigenvalue weighted by atomic mass is 79.9. The molecule has 4 heteroatoms. The molecule has 0 bridgehead atoms. The zero-order valence-corrected chi connectivity index (χ0v) is 9.97. The van der Waals surface area contributed by atoms with Crippen molar-refractivity contribution in [3.63, 3.8) is 0 Å². The Kier molecular flexibility index (Phi) is 4.24. The van der Waals surface area contributed by atoms with Crippen LogP contribution in [0.2, 0.25) is 0 Å². The predicted molar refractivity (Wildman–Crippen MR) is 59.4 cm³/mol. The molecular weight excluding hydrogens is 265 g/mol. The molecule has 0 aromatic heterocycles. The van der Waals surface area contributed by atoms with Crippen LogP contribution in [-0.4, -0.2) is 6.10 Å². The number of nitrogens with zero attached hydrogens (tertiary/aromatic N) is 1. The summed E-state index contributed by atoms with van der Waals surface area (Å²) in [5, 5.41) is 8.60. The van der Waals surface area contributed by atoms with Gasteiger partial charge in [0, 0.05) is 5.88 Å². The van der Waals surface area contributed by atoms with Gasteiger partial charge >= 0.3 is 0 Å². The lowest BCUT2D eigenvalue weighted by molar-refractivity contribution is 0.274. The molecule has 0 aliphatic heterocycles. The van der Waals surface area contributed by atoms with Crippen molar-refractivity contribution in [2.45, 2.75) is 18.9 Å². The van der Waals surface area contributed by atoms with Crippen molar-refractivity contribution in [1.82, 2.24) is 0 Å². The zero-order chi connectivity index (χ0) is 10.6. The van der Waals surface area contributed by atoms with Crippen molar-refractivity contribution in [1.29, 1.82) is 5.26 Å². The third-order valence-corrected chi connectivity index (χ3v) is 2.86. The molecule has 0 fully saturated rings. The van der Waals surface area contributed by atoms with Crippen molar-refractivity contribution in [3.8, 4) is 11.8 Å². The number of hydrogen-bond acceptors (Lipinski definition) is 2. The van der Waals surface area contributed by atoms with Gasteiger partial charge in [-0.15, -0.1) is 11.6 Å². The van der Waals surface area contributed by atoms with Gasteiger partial charge in [0.1, 0.15) is 11.8 Å². The molecule has 0 radical (unpaired) electrons. The Bertz CT molecular complexity index is 362. The highest BCUT2D eigenvalue weighted by molar-refractivity contribution is 9.10. The third-order valence-electron chi connectivity index (χ3n) is 1.67. The molecule has 14 heavy (non-hydrogen) atoms. The number of rotatable bonds is 3. The average Bonchev–Trinajstić information content (AvgIpc) is 2.21. The number of alkyl halides is 1. The number of benzene rings is 1. The monoisotopic (exact) mass is 273 g/mol. The molecule has 74 valence electrons. The molecule has 0 aliphatic carbocycles. The molecule has 1 unspecified atom stereocenters. The fraction of sp³-hybridized carbons (Fsp3) is 0.300. The van der Waals surface area contributed by atoms with Gasteiger partial charge in [0.2, 0.25) is 0 Å². The number of halogens is 2. The Morgan fingerprint density at radius 3 is 2.93 bits per heavy atom. The van der Waals surface area contributed by atoms with E-state index in [4.69, 9.17) is 21.6 Å². The average molecular weight is 275 g/mol. The van der Waals surface area contributed by atoms with E-state index >= 15 is 0 Å². The molecule has 0 amide bonds. The molecule has 0 N–H and O–H groups in total. The highest BCUT2D eigenvalue weighted by Crippen LogP contribution is 2.30. The van der Waals surface area contributed by atoms with Crippen LogP contribution in [0.15, 0.2) is 22.7 Å². The lowest BCUT2D eigenvalue weighted by Gasteiger charge is -2.11. The molecule has 0 heterocycles. The molecule has 1 rings (SSSR count). The zero-order valence-electron chi connectivity index (χ0n) is 7.63. The Hall–Kier alpha value is -0.720. The summed E-state index contributed by atoms with van der Waals surface area (Å²) in [7, 11) is 0. The van der Waals surface area contributed by atoms with Crippen molar-refractivity contribution in [2.24, 2.45) is 0 Å². The molecule has 0 saturated carbocycles. The molecule has 0 saturated heterocycles. The first kappa shape index (κ1) is 11.4. The van der Waals surface area contributed by atoms with Crippen LogP contribution in [0, 0.1) is 11.3 Å². The van der Waals surface area contributed by atoms with Gasteiger partial charge < -0.3 is 4.74 Å². The van der Waals surface area contributed by atoms with Crippen LogP contribution in [0.4, 0.5) is 0 Å². The standard InChI is InChI=1S/C10H9BrClNO/c1-7(6-13)14-9-4-2-3-8(5-12)10(9)11/h2-4,7H,5H2,1H3. The maximum absolute atomic E-state index is 8.60. The largest absolute Gasteiger partial charge is 0.475 e. The van der Waals surface area contributed by atoms with Crippen LogP contribution in [0.5, 0.6) is 5.75 Å². The fourth-order valence-corrected chi connectivity index (χ4v) is 1.85. The quantitative estimate of drug-likeness (QED) is 0.791.